The fraction of sp³-hybridized carbons (Fsp3) is 0.867. The minimum absolute atomic E-state index is 0.160. The molecule has 0 N–H and O–H groups in total. The van der Waals surface area contributed by atoms with E-state index in [1.807, 2.05) is 16.7 Å². The molecule has 2 saturated heterocycles. The minimum atomic E-state index is -0.261. The maximum atomic E-state index is 12.6. The van der Waals surface area contributed by atoms with Crippen LogP contribution in [0, 0.1) is 11.8 Å². The van der Waals surface area contributed by atoms with Crippen molar-refractivity contribution in [2.45, 2.75) is 58.0 Å². The van der Waals surface area contributed by atoms with E-state index in [1.54, 1.807) is 0 Å². The molecule has 0 aromatic heterocycles. The summed E-state index contributed by atoms with van der Waals surface area (Å²) >= 11 is 0. The van der Waals surface area contributed by atoms with Gasteiger partial charge in [0.2, 0.25) is 11.8 Å². The lowest BCUT2D eigenvalue weighted by molar-refractivity contribution is -0.163. The van der Waals surface area contributed by atoms with Crippen molar-refractivity contribution in [2.24, 2.45) is 11.8 Å². The Morgan fingerprint density at radius 2 is 1.89 bits per heavy atom. The van der Waals surface area contributed by atoms with Crippen molar-refractivity contribution in [3.8, 4) is 0 Å². The van der Waals surface area contributed by atoms with Crippen molar-refractivity contribution in [1.29, 1.82) is 0 Å². The van der Waals surface area contributed by atoms with E-state index < -0.39 is 0 Å². The first kappa shape index (κ1) is 12.9. The van der Waals surface area contributed by atoms with E-state index >= 15 is 0 Å². The fourth-order valence-corrected chi connectivity index (χ4v) is 3.58. The van der Waals surface area contributed by atoms with Crippen molar-refractivity contribution >= 4 is 11.8 Å². The summed E-state index contributed by atoms with van der Waals surface area (Å²) in [7, 11) is 0. The highest BCUT2D eigenvalue weighted by Crippen LogP contribution is 2.38. The molecule has 2 aliphatic heterocycles. The third kappa shape index (κ3) is 2.26. The third-order valence-electron chi connectivity index (χ3n) is 5.09. The molecular formula is C15H24N2O2. The van der Waals surface area contributed by atoms with E-state index in [0.717, 1.165) is 38.3 Å². The van der Waals surface area contributed by atoms with Crippen molar-refractivity contribution in [1.82, 2.24) is 9.80 Å². The molecule has 19 heavy (non-hydrogen) atoms. The SMILES string of the molecule is CC(CN1C(=O)C2CCCCN2C(=O)C1C)C1CC1. The van der Waals surface area contributed by atoms with Crippen molar-refractivity contribution < 1.29 is 9.59 Å². The molecule has 0 spiro atoms. The van der Waals surface area contributed by atoms with Crippen LogP contribution in [0.2, 0.25) is 0 Å². The van der Waals surface area contributed by atoms with Gasteiger partial charge >= 0.3 is 0 Å². The second-order valence-electron chi connectivity index (χ2n) is 6.52. The first-order valence-corrected chi connectivity index (χ1v) is 7.70. The Hall–Kier alpha value is -1.06. The zero-order valence-electron chi connectivity index (χ0n) is 12.0. The van der Waals surface area contributed by atoms with Crippen molar-refractivity contribution in [2.75, 3.05) is 13.1 Å². The molecule has 4 nitrogen and oxygen atoms in total. The first-order valence-electron chi connectivity index (χ1n) is 7.70. The van der Waals surface area contributed by atoms with E-state index in [9.17, 15) is 9.59 Å². The molecule has 3 aliphatic rings. The number of nitrogens with zero attached hydrogens (tertiary/aromatic N) is 2. The third-order valence-corrected chi connectivity index (χ3v) is 5.09. The van der Waals surface area contributed by atoms with Crippen LogP contribution < -0.4 is 0 Å². The fourth-order valence-electron chi connectivity index (χ4n) is 3.58. The zero-order valence-corrected chi connectivity index (χ0v) is 12.0. The molecule has 1 aliphatic carbocycles. The summed E-state index contributed by atoms with van der Waals surface area (Å²) in [6, 6.07) is -0.424. The zero-order chi connectivity index (χ0) is 13.6. The van der Waals surface area contributed by atoms with Gasteiger partial charge < -0.3 is 9.80 Å². The topological polar surface area (TPSA) is 40.6 Å². The molecule has 3 fully saturated rings. The van der Waals surface area contributed by atoms with E-state index in [4.69, 9.17) is 0 Å². The smallest absolute Gasteiger partial charge is 0.246 e. The highest BCUT2D eigenvalue weighted by molar-refractivity contribution is 5.96. The van der Waals surface area contributed by atoms with Crippen molar-refractivity contribution in [3.63, 3.8) is 0 Å². The quantitative estimate of drug-likeness (QED) is 0.777. The molecule has 3 unspecified atom stereocenters. The van der Waals surface area contributed by atoms with Crippen LogP contribution in [0.1, 0.15) is 46.0 Å². The van der Waals surface area contributed by atoms with Gasteiger partial charge in [-0.15, -0.1) is 0 Å². The van der Waals surface area contributed by atoms with Gasteiger partial charge in [-0.05, 0) is 50.9 Å². The van der Waals surface area contributed by atoms with Crippen LogP contribution in [0.25, 0.3) is 0 Å². The lowest BCUT2D eigenvalue weighted by atomic mass is 9.94. The predicted octanol–water partition coefficient (Wildman–Crippen LogP) is 1.64. The van der Waals surface area contributed by atoms with E-state index in [1.165, 1.54) is 12.8 Å². The van der Waals surface area contributed by atoms with Crippen LogP contribution in [-0.4, -0.2) is 46.8 Å². The summed E-state index contributed by atoms with van der Waals surface area (Å²) in [6.07, 6.45) is 5.55. The van der Waals surface area contributed by atoms with Gasteiger partial charge in [0, 0.05) is 13.1 Å². The van der Waals surface area contributed by atoms with Crippen LogP contribution in [0.3, 0.4) is 0 Å². The monoisotopic (exact) mass is 264 g/mol. The lowest BCUT2D eigenvalue weighted by Gasteiger charge is -2.46. The van der Waals surface area contributed by atoms with Crippen LogP contribution in [0.15, 0.2) is 0 Å². The highest BCUT2D eigenvalue weighted by Gasteiger charge is 2.45. The van der Waals surface area contributed by atoms with Gasteiger partial charge in [0.05, 0.1) is 0 Å². The maximum absolute atomic E-state index is 12.6. The molecule has 2 heterocycles. The number of hydrogen-bond donors (Lipinski definition) is 0. The number of piperazine rings is 1. The maximum Gasteiger partial charge on any atom is 0.246 e. The second kappa shape index (κ2) is 4.80. The molecule has 2 amide bonds. The average Bonchev–Trinajstić information content (AvgIpc) is 3.25. The summed E-state index contributed by atoms with van der Waals surface area (Å²) in [6.45, 7) is 5.65. The molecule has 0 bridgehead atoms. The number of amides is 2. The Morgan fingerprint density at radius 3 is 2.58 bits per heavy atom. The van der Waals surface area contributed by atoms with Gasteiger partial charge in [0.25, 0.3) is 0 Å². The summed E-state index contributed by atoms with van der Waals surface area (Å²) in [5.74, 6) is 1.67. The highest BCUT2D eigenvalue weighted by atomic mass is 16.2. The summed E-state index contributed by atoms with van der Waals surface area (Å²) in [4.78, 5) is 28.7. The molecule has 0 aromatic carbocycles. The molecule has 0 aromatic rings. The van der Waals surface area contributed by atoms with E-state index in [2.05, 4.69) is 6.92 Å². The largest absolute Gasteiger partial charge is 0.329 e. The van der Waals surface area contributed by atoms with Gasteiger partial charge in [0.1, 0.15) is 12.1 Å². The Morgan fingerprint density at radius 1 is 1.16 bits per heavy atom. The Bertz CT molecular complexity index is 392. The first-order chi connectivity index (χ1) is 9.09. The molecule has 4 heteroatoms. The molecule has 106 valence electrons. The second-order valence-corrected chi connectivity index (χ2v) is 6.52. The van der Waals surface area contributed by atoms with Gasteiger partial charge in [-0.3, -0.25) is 9.59 Å². The Kier molecular flexibility index (Phi) is 3.27. The molecule has 0 radical (unpaired) electrons. The molecule has 3 rings (SSSR count). The molecule has 3 atom stereocenters. The van der Waals surface area contributed by atoms with E-state index in [-0.39, 0.29) is 23.9 Å². The minimum Gasteiger partial charge on any atom is -0.329 e. The lowest BCUT2D eigenvalue weighted by Crippen LogP contribution is -2.65. The van der Waals surface area contributed by atoms with Crippen LogP contribution >= 0.6 is 0 Å². The standard InChI is InChI=1S/C15H24N2O2/c1-10(12-6-7-12)9-17-11(2)14(18)16-8-4-3-5-13(16)15(17)19/h10-13H,3-9H2,1-2H3. The average molecular weight is 264 g/mol. The number of rotatable bonds is 3. The number of piperidine rings is 1. The summed E-state index contributed by atoms with van der Waals surface area (Å²) < 4.78 is 0. The number of carbonyl (C=O) groups excluding carboxylic acids is 2. The summed E-state index contributed by atoms with van der Waals surface area (Å²) in [5.41, 5.74) is 0. The normalized spacial score (nSPS) is 33.4. The van der Waals surface area contributed by atoms with Gasteiger partial charge in [0.15, 0.2) is 0 Å². The number of fused-ring (bicyclic) bond motifs is 1. The molecule has 1 saturated carbocycles. The van der Waals surface area contributed by atoms with Crippen LogP contribution in [-0.2, 0) is 9.59 Å². The van der Waals surface area contributed by atoms with Gasteiger partial charge in [-0.1, -0.05) is 6.92 Å². The Balaban J connectivity index is 1.75. The van der Waals surface area contributed by atoms with Crippen LogP contribution in [0.4, 0.5) is 0 Å². The number of hydrogen-bond acceptors (Lipinski definition) is 2. The molecular weight excluding hydrogens is 240 g/mol. The van der Waals surface area contributed by atoms with Gasteiger partial charge in [-0.2, -0.15) is 0 Å². The van der Waals surface area contributed by atoms with E-state index in [0.29, 0.717) is 5.92 Å². The summed E-state index contributed by atoms with van der Waals surface area (Å²) in [5, 5.41) is 0. The number of carbonyl (C=O) groups is 2. The van der Waals surface area contributed by atoms with Crippen molar-refractivity contribution in [3.05, 3.63) is 0 Å². The Labute approximate surface area is 115 Å². The van der Waals surface area contributed by atoms with Gasteiger partial charge in [-0.25, -0.2) is 0 Å². The van der Waals surface area contributed by atoms with Crippen LogP contribution in [0.5, 0.6) is 0 Å². The predicted molar refractivity (Wildman–Crippen MR) is 72.4 cm³/mol.